The highest BCUT2D eigenvalue weighted by atomic mass is 32.2. The minimum Gasteiger partial charge on any atom is -0.587 e. The number of benzene rings is 1. The van der Waals surface area contributed by atoms with E-state index in [1.54, 1.807) is 4.31 Å². The minimum absolute atomic E-state index is 0.116. The molecule has 8 heteroatoms. The van der Waals surface area contributed by atoms with E-state index in [0.29, 0.717) is 6.54 Å². The maximum absolute atomic E-state index is 12.8. The van der Waals surface area contributed by atoms with Gasteiger partial charge < -0.3 is 9.54 Å². The molecule has 1 aliphatic rings. The van der Waals surface area contributed by atoms with E-state index >= 15 is 0 Å². The second-order valence-electron chi connectivity index (χ2n) is 5.48. The third-order valence-electron chi connectivity index (χ3n) is 3.92. The van der Waals surface area contributed by atoms with E-state index in [2.05, 4.69) is 16.0 Å². The van der Waals surface area contributed by atoms with Gasteiger partial charge in [0.05, 0.1) is 30.9 Å². The Morgan fingerprint density at radius 2 is 2.28 bits per heavy atom. The highest BCUT2D eigenvalue weighted by Crippen LogP contribution is 2.33. The SMILES string of the molecule is CN(c1cccc2cc(C3=NCC(C#N)S3)[nH]c12)[S+]([O-])c1cccs1. The van der Waals surface area contributed by atoms with Crippen LogP contribution in [0.5, 0.6) is 0 Å². The molecular formula is C17H14N4OS3. The highest BCUT2D eigenvalue weighted by molar-refractivity contribution is 8.15. The Bertz CT molecular complexity index is 974. The zero-order valence-corrected chi connectivity index (χ0v) is 15.8. The monoisotopic (exact) mass is 386 g/mol. The fourth-order valence-electron chi connectivity index (χ4n) is 2.70. The van der Waals surface area contributed by atoms with Gasteiger partial charge in [-0.15, -0.1) is 0 Å². The number of nitrogens with zero attached hydrogens (tertiary/aromatic N) is 3. The number of thiophene rings is 1. The summed E-state index contributed by atoms with van der Waals surface area (Å²) in [5.41, 5.74) is 2.70. The molecule has 0 fully saturated rings. The Hall–Kier alpha value is -1.92. The molecule has 1 N–H and O–H groups in total. The van der Waals surface area contributed by atoms with Gasteiger partial charge in [0.25, 0.3) is 0 Å². The summed E-state index contributed by atoms with van der Waals surface area (Å²) in [5, 5.41) is 12.7. The fourth-order valence-corrected chi connectivity index (χ4v) is 5.63. The van der Waals surface area contributed by atoms with Crippen LogP contribution in [0.3, 0.4) is 0 Å². The van der Waals surface area contributed by atoms with E-state index < -0.39 is 11.4 Å². The molecule has 0 radical (unpaired) electrons. The maximum atomic E-state index is 12.8. The quantitative estimate of drug-likeness (QED) is 0.692. The first kappa shape index (κ1) is 16.5. The average Bonchev–Trinajstić information content (AvgIpc) is 3.39. The number of aromatic nitrogens is 1. The van der Waals surface area contributed by atoms with Gasteiger partial charge in [-0.3, -0.25) is 4.99 Å². The van der Waals surface area contributed by atoms with Crippen LogP contribution >= 0.6 is 23.1 Å². The summed E-state index contributed by atoms with van der Waals surface area (Å²) < 4.78 is 15.4. The molecule has 0 spiro atoms. The summed E-state index contributed by atoms with van der Waals surface area (Å²) in [6.07, 6.45) is 0. The first-order valence-corrected chi connectivity index (χ1v) is 10.5. The van der Waals surface area contributed by atoms with Crippen molar-refractivity contribution < 1.29 is 4.55 Å². The zero-order chi connectivity index (χ0) is 17.4. The number of aliphatic imine (C=N–C) groups is 1. The first-order chi connectivity index (χ1) is 12.2. The van der Waals surface area contributed by atoms with Gasteiger partial charge in [-0.1, -0.05) is 35.2 Å². The van der Waals surface area contributed by atoms with Crippen LogP contribution in [-0.4, -0.2) is 33.4 Å². The molecule has 0 saturated heterocycles. The number of hydrogen-bond donors (Lipinski definition) is 1. The number of rotatable bonds is 4. The predicted molar refractivity (Wildman–Crippen MR) is 106 cm³/mol. The van der Waals surface area contributed by atoms with Crippen LogP contribution in [0.25, 0.3) is 10.9 Å². The number of aromatic amines is 1. The number of para-hydroxylation sites is 1. The second-order valence-corrected chi connectivity index (χ2v) is 9.37. The van der Waals surface area contributed by atoms with E-state index in [1.165, 1.54) is 23.1 Å². The lowest BCUT2D eigenvalue weighted by atomic mass is 10.2. The summed E-state index contributed by atoms with van der Waals surface area (Å²) in [6.45, 7) is 0.529. The Morgan fingerprint density at radius 1 is 1.40 bits per heavy atom. The van der Waals surface area contributed by atoms with Crippen molar-refractivity contribution >= 4 is 56.1 Å². The van der Waals surface area contributed by atoms with Gasteiger partial charge in [-0.2, -0.15) is 9.57 Å². The Balaban J connectivity index is 1.70. The molecule has 126 valence electrons. The number of thioether (sulfide) groups is 1. The molecule has 0 aliphatic carbocycles. The van der Waals surface area contributed by atoms with E-state index in [4.69, 9.17) is 5.26 Å². The van der Waals surface area contributed by atoms with Gasteiger partial charge in [0.2, 0.25) is 4.21 Å². The number of H-pyrrole nitrogens is 1. The number of nitrogens with one attached hydrogen (secondary N) is 1. The van der Waals surface area contributed by atoms with Gasteiger partial charge in [0.1, 0.15) is 27.3 Å². The number of anilines is 1. The second kappa shape index (κ2) is 6.77. The molecule has 1 aromatic carbocycles. The Morgan fingerprint density at radius 3 is 3.00 bits per heavy atom. The van der Waals surface area contributed by atoms with Crippen molar-refractivity contribution in [2.75, 3.05) is 17.9 Å². The Labute approximate surface area is 156 Å². The lowest BCUT2D eigenvalue weighted by molar-refractivity contribution is 0.595. The lowest BCUT2D eigenvalue weighted by Gasteiger charge is -2.20. The van der Waals surface area contributed by atoms with Crippen molar-refractivity contribution in [3.05, 3.63) is 47.5 Å². The fraction of sp³-hybridized carbons (Fsp3) is 0.176. The summed E-state index contributed by atoms with van der Waals surface area (Å²) >= 11 is 1.72. The largest absolute Gasteiger partial charge is 0.587 e. The third kappa shape index (κ3) is 3.04. The van der Waals surface area contributed by atoms with Gasteiger partial charge in [-0.05, 0) is 23.6 Å². The first-order valence-electron chi connectivity index (χ1n) is 7.59. The molecule has 3 aromatic rings. The van der Waals surface area contributed by atoms with Crippen molar-refractivity contribution in [1.82, 2.24) is 4.98 Å². The van der Waals surface area contributed by atoms with Crippen LogP contribution in [0.15, 0.2) is 51.0 Å². The highest BCUT2D eigenvalue weighted by Gasteiger charge is 2.25. The van der Waals surface area contributed by atoms with Gasteiger partial charge in [0, 0.05) is 11.5 Å². The van der Waals surface area contributed by atoms with Crippen LogP contribution in [0.1, 0.15) is 5.69 Å². The van der Waals surface area contributed by atoms with Crippen molar-refractivity contribution in [2.45, 2.75) is 9.46 Å². The molecule has 0 saturated carbocycles. The molecule has 3 heterocycles. The van der Waals surface area contributed by atoms with E-state index in [9.17, 15) is 4.55 Å². The molecule has 2 unspecified atom stereocenters. The van der Waals surface area contributed by atoms with Crippen LogP contribution in [0, 0.1) is 11.3 Å². The van der Waals surface area contributed by atoms with E-state index in [1.807, 2.05) is 48.8 Å². The molecule has 5 nitrogen and oxygen atoms in total. The van der Waals surface area contributed by atoms with E-state index in [0.717, 1.165) is 31.5 Å². The summed E-state index contributed by atoms with van der Waals surface area (Å²) in [7, 11) is 1.83. The predicted octanol–water partition coefficient (Wildman–Crippen LogP) is 3.77. The minimum atomic E-state index is -1.25. The molecule has 25 heavy (non-hydrogen) atoms. The van der Waals surface area contributed by atoms with Crippen molar-refractivity contribution in [3.63, 3.8) is 0 Å². The lowest BCUT2D eigenvalue weighted by Crippen LogP contribution is -2.26. The Kier molecular flexibility index (Phi) is 4.48. The van der Waals surface area contributed by atoms with Gasteiger partial charge >= 0.3 is 0 Å². The molecule has 0 bridgehead atoms. The smallest absolute Gasteiger partial charge is 0.233 e. The summed E-state index contributed by atoms with van der Waals surface area (Å²) in [4.78, 5) is 7.86. The molecule has 0 amide bonds. The average molecular weight is 387 g/mol. The summed E-state index contributed by atoms with van der Waals surface area (Å²) in [6, 6.07) is 14.0. The molecule has 2 aromatic heterocycles. The third-order valence-corrected chi connectivity index (χ3v) is 7.58. The zero-order valence-electron chi connectivity index (χ0n) is 13.3. The van der Waals surface area contributed by atoms with Gasteiger partial charge in [-0.25, -0.2) is 0 Å². The van der Waals surface area contributed by atoms with Crippen molar-refractivity contribution in [1.29, 1.82) is 5.26 Å². The van der Waals surface area contributed by atoms with Crippen molar-refractivity contribution in [3.8, 4) is 6.07 Å². The molecule has 2 atom stereocenters. The normalized spacial score (nSPS) is 18.1. The van der Waals surface area contributed by atoms with Crippen LogP contribution in [0.4, 0.5) is 5.69 Å². The van der Waals surface area contributed by atoms with E-state index in [-0.39, 0.29) is 5.25 Å². The van der Waals surface area contributed by atoms with Gasteiger partial charge in [0.15, 0.2) is 0 Å². The molecule has 4 rings (SSSR count). The topological polar surface area (TPSA) is 78.2 Å². The van der Waals surface area contributed by atoms with Crippen LogP contribution in [-0.2, 0) is 11.4 Å². The number of hydrogen-bond acceptors (Lipinski definition) is 6. The number of fused-ring (bicyclic) bond motifs is 1. The molecular weight excluding hydrogens is 372 g/mol. The standard InChI is InChI=1S/C17H14N4OS3/c1-21(25(22)15-6-3-7-23-15)14-5-2-4-11-8-13(20-16(11)14)17-19-10-12(9-18)24-17/h2-8,12,20H,10H2,1H3. The maximum Gasteiger partial charge on any atom is 0.233 e. The number of nitriles is 1. The van der Waals surface area contributed by atoms with Crippen molar-refractivity contribution in [2.24, 2.45) is 4.99 Å². The van der Waals surface area contributed by atoms with Crippen LogP contribution in [0.2, 0.25) is 0 Å². The summed E-state index contributed by atoms with van der Waals surface area (Å²) in [5.74, 6) is 0. The molecule has 1 aliphatic heterocycles. The van der Waals surface area contributed by atoms with Crippen LogP contribution < -0.4 is 4.31 Å².